The lowest BCUT2D eigenvalue weighted by atomic mass is 10.0. The minimum Gasteiger partial charge on any atom is -0.504 e. The van der Waals surface area contributed by atoms with E-state index in [9.17, 15) is 14.3 Å². The van der Waals surface area contributed by atoms with E-state index >= 15 is 0 Å². The monoisotopic (exact) mass is 286 g/mol. The second-order valence-electron chi connectivity index (χ2n) is 4.51. The molecule has 106 valence electrons. The van der Waals surface area contributed by atoms with Gasteiger partial charge in [-0.1, -0.05) is 6.07 Å². The Morgan fingerprint density at radius 2 is 1.95 bits per heavy atom. The molecule has 5 heteroatoms. The molecule has 0 amide bonds. The van der Waals surface area contributed by atoms with Gasteiger partial charge in [-0.3, -0.25) is 0 Å². The van der Waals surface area contributed by atoms with E-state index in [4.69, 9.17) is 9.15 Å². The molecule has 2 aromatic carbocycles. The molecular weight excluding hydrogens is 275 g/mol. The third-order valence-electron chi connectivity index (χ3n) is 3.19. The zero-order chi connectivity index (χ0) is 15.0. The van der Waals surface area contributed by atoms with Crippen LogP contribution in [0.2, 0.25) is 0 Å². The van der Waals surface area contributed by atoms with Gasteiger partial charge in [-0.15, -0.1) is 0 Å². The van der Waals surface area contributed by atoms with Gasteiger partial charge in [0.2, 0.25) is 0 Å². The Hall–Kier alpha value is -2.82. The molecule has 0 aliphatic heterocycles. The van der Waals surface area contributed by atoms with E-state index in [1.165, 1.54) is 37.4 Å². The maximum atomic E-state index is 13.4. The van der Waals surface area contributed by atoms with Gasteiger partial charge in [0.1, 0.15) is 11.4 Å². The molecule has 0 aliphatic rings. The first-order valence-corrected chi connectivity index (χ1v) is 6.19. The minimum absolute atomic E-state index is 0.0622. The molecule has 0 saturated carbocycles. The summed E-state index contributed by atoms with van der Waals surface area (Å²) in [6.07, 6.45) is 0. The average molecular weight is 286 g/mol. The molecule has 1 N–H and O–H groups in total. The molecule has 0 radical (unpaired) electrons. The molecule has 0 unspecified atom stereocenters. The molecular formula is C16H11FO4. The van der Waals surface area contributed by atoms with Crippen molar-refractivity contribution >= 4 is 11.0 Å². The number of benzene rings is 2. The zero-order valence-corrected chi connectivity index (χ0v) is 11.1. The molecule has 4 nitrogen and oxygen atoms in total. The third kappa shape index (κ3) is 2.33. The first-order chi connectivity index (χ1) is 10.1. The van der Waals surface area contributed by atoms with E-state index in [2.05, 4.69) is 0 Å². The fourth-order valence-electron chi connectivity index (χ4n) is 2.23. The van der Waals surface area contributed by atoms with Crippen LogP contribution in [-0.4, -0.2) is 12.2 Å². The van der Waals surface area contributed by atoms with Crippen molar-refractivity contribution in [1.29, 1.82) is 0 Å². The Balaban J connectivity index is 2.31. The van der Waals surface area contributed by atoms with Gasteiger partial charge in [-0.2, -0.15) is 0 Å². The van der Waals surface area contributed by atoms with Gasteiger partial charge in [-0.25, -0.2) is 9.18 Å². The molecule has 0 atom stereocenters. The topological polar surface area (TPSA) is 59.7 Å². The predicted octanol–water partition coefficient (Wildman–Crippen LogP) is 3.31. The zero-order valence-electron chi connectivity index (χ0n) is 11.1. The average Bonchev–Trinajstić information content (AvgIpc) is 2.47. The molecule has 0 bridgehead atoms. The lowest BCUT2D eigenvalue weighted by Gasteiger charge is -2.08. The molecule has 0 spiro atoms. The number of ether oxygens (including phenoxy) is 1. The molecule has 1 aromatic heterocycles. The lowest BCUT2D eigenvalue weighted by molar-refractivity contribution is 0.373. The van der Waals surface area contributed by atoms with Crippen molar-refractivity contribution in [1.82, 2.24) is 0 Å². The molecule has 0 aliphatic carbocycles. The van der Waals surface area contributed by atoms with Gasteiger partial charge < -0.3 is 14.3 Å². The van der Waals surface area contributed by atoms with E-state index in [0.717, 1.165) is 0 Å². The predicted molar refractivity (Wildman–Crippen MR) is 76.1 cm³/mol. The van der Waals surface area contributed by atoms with Crippen LogP contribution in [0.1, 0.15) is 0 Å². The maximum absolute atomic E-state index is 13.4. The summed E-state index contributed by atoms with van der Waals surface area (Å²) >= 11 is 0. The highest BCUT2D eigenvalue weighted by molar-refractivity contribution is 5.93. The Labute approximate surface area is 119 Å². The maximum Gasteiger partial charge on any atom is 0.336 e. The largest absolute Gasteiger partial charge is 0.504 e. The summed E-state index contributed by atoms with van der Waals surface area (Å²) < 4.78 is 23.5. The summed E-state index contributed by atoms with van der Waals surface area (Å²) in [5.41, 5.74) is 0.795. The second-order valence-corrected chi connectivity index (χ2v) is 4.51. The number of hydrogen-bond donors (Lipinski definition) is 1. The Kier molecular flexibility index (Phi) is 3.10. The quantitative estimate of drug-likeness (QED) is 0.734. The van der Waals surface area contributed by atoms with Crippen LogP contribution < -0.4 is 10.4 Å². The fraction of sp³-hybridized carbons (Fsp3) is 0.0625. The molecule has 3 rings (SSSR count). The highest BCUT2D eigenvalue weighted by Crippen LogP contribution is 2.34. The number of halogens is 1. The van der Waals surface area contributed by atoms with Gasteiger partial charge >= 0.3 is 5.63 Å². The van der Waals surface area contributed by atoms with Crippen molar-refractivity contribution in [3.05, 3.63) is 58.7 Å². The van der Waals surface area contributed by atoms with Gasteiger partial charge in [0.15, 0.2) is 11.5 Å². The van der Waals surface area contributed by atoms with Crippen LogP contribution in [0.15, 0.2) is 51.7 Å². The van der Waals surface area contributed by atoms with E-state index in [1.54, 1.807) is 12.1 Å². The van der Waals surface area contributed by atoms with E-state index in [1.807, 2.05) is 0 Å². The number of fused-ring (bicyclic) bond motifs is 1. The van der Waals surface area contributed by atoms with Crippen molar-refractivity contribution in [3.63, 3.8) is 0 Å². The van der Waals surface area contributed by atoms with Crippen LogP contribution >= 0.6 is 0 Å². The smallest absolute Gasteiger partial charge is 0.336 e. The minimum atomic E-state index is -0.542. The van der Waals surface area contributed by atoms with E-state index in [-0.39, 0.29) is 11.3 Å². The summed E-state index contributed by atoms with van der Waals surface area (Å²) in [5.74, 6) is -0.180. The number of rotatable bonds is 2. The van der Waals surface area contributed by atoms with Crippen LogP contribution in [0.3, 0.4) is 0 Å². The lowest BCUT2D eigenvalue weighted by Crippen LogP contribution is -1.98. The van der Waals surface area contributed by atoms with E-state index < -0.39 is 11.4 Å². The van der Waals surface area contributed by atoms with Crippen LogP contribution in [0.25, 0.3) is 22.1 Å². The van der Waals surface area contributed by atoms with Crippen molar-refractivity contribution in [2.75, 3.05) is 7.11 Å². The van der Waals surface area contributed by atoms with Crippen LogP contribution in [0.4, 0.5) is 4.39 Å². The van der Waals surface area contributed by atoms with Crippen molar-refractivity contribution in [3.8, 4) is 22.6 Å². The van der Waals surface area contributed by atoms with Gasteiger partial charge in [0, 0.05) is 17.0 Å². The SMILES string of the molecule is COc1ccc(-c2cc(=O)oc3ccc(F)cc23)cc1O. The van der Waals surface area contributed by atoms with Crippen molar-refractivity contribution in [2.24, 2.45) is 0 Å². The molecule has 21 heavy (non-hydrogen) atoms. The first-order valence-electron chi connectivity index (χ1n) is 6.19. The number of phenols is 1. The van der Waals surface area contributed by atoms with Gasteiger partial charge in [0.25, 0.3) is 0 Å². The number of methoxy groups -OCH3 is 1. The van der Waals surface area contributed by atoms with Crippen LogP contribution in [-0.2, 0) is 0 Å². The first kappa shape index (κ1) is 13.2. The summed E-state index contributed by atoms with van der Waals surface area (Å²) in [4.78, 5) is 11.6. The Morgan fingerprint density at radius 1 is 1.14 bits per heavy atom. The number of hydrogen-bond acceptors (Lipinski definition) is 4. The summed E-state index contributed by atoms with van der Waals surface area (Å²) in [5, 5.41) is 10.3. The van der Waals surface area contributed by atoms with Crippen molar-refractivity contribution in [2.45, 2.75) is 0 Å². The second kappa shape index (κ2) is 4.94. The fourth-order valence-corrected chi connectivity index (χ4v) is 2.23. The number of aromatic hydroxyl groups is 1. The third-order valence-corrected chi connectivity index (χ3v) is 3.19. The highest BCUT2D eigenvalue weighted by Gasteiger charge is 2.11. The van der Waals surface area contributed by atoms with Gasteiger partial charge in [-0.05, 0) is 35.9 Å². The molecule has 0 fully saturated rings. The van der Waals surface area contributed by atoms with Crippen LogP contribution in [0, 0.1) is 5.82 Å². The Morgan fingerprint density at radius 3 is 2.67 bits per heavy atom. The molecule has 3 aromatic rings. The van der Waals surface area contributed by atoms with Gasteiger partial charge in [0.05, 0.1) is 7.11 Å². The van der Waals surface area contributed by atoms with Crippen LogP contribution in [0.5, 0.6) is 11.5 Å². The number of phenolic OH excluding ortho intramolecular Hbond substituents is 1. The summed E-state index contributed by atoms with van der Waals surface area (Å²) in [6.45, 7) is 0. The van der Waals surface area contributed by atoms with E-state index in [0.29, 0.717) is 22.3 Å². The summed E-state index contributed by atoms with van der Waals surface area (Å²) in [6, 6.07) is 9.89. The molecule has 0 saturated heterocycles. The Bertz CT molecular complexity index is 883. The normalized spacial score (nSPS) is 10.8. The summed E-state index contributed by atoms with van der Waals surface area (Å²) in [7, 11) is 1.44. The molecule has 1 heterocycles. The highest BCUT2D eigenvalue weighted by atomic mass is 19.1. The standard InChI is InChI=1S/C16H11FO4/c1-20-15-4-2-9(6-13(15)18)11-8-16(19)21-14-5-3-10(17)7-12(11)14/h2-8,18H,1H3. The van der Waals surface area contributed by atoms with Crippen molar-refractivity contribution < 1.29 is 18.7 Å².